The molecule has 0 bridgehead atoms. The van der Waals surface area contributed by atoms with E-state index in [2.05, 4.69) is 5.32 Å². The summed E-state index contributed by atoms with van der Waals surface area (Å²) >= 11 is 0. The van der Waals surface area contributed by atoms with E-state index in [1.165, 1.54) is 0 Å². The highest BCUT2D eigenvalue weighted by Crippen LogP contribution is 2.35. The van der Waals surface area contributed by atoms with Gasteiger partial charge >= 0.3 is 0 Å². The van der Waals surface area contributed by atoms with Gasteiger partial charge in [0.1, 0.15) is 0 Å². The van der Waals surface area contributed by atoms with Crippen LogP contribution in [0.4, 0.5) is 22.0 Å². The van der Waals surface area contributed by atoms with Crippen molar-refractivity contribution in [1.82, 2.24) is 5.32 Å². The average molecular weight is 309 g/mol. The Hall–Kier alpha value is -1.21. The Balaban J connectivity index is 2.49. The van der Waals surface area contributed by atoms with Gasteiger partial charge in [0.25, 0.3) is 0 Å². The number of halogens is 5. The van der Waals surface area contributed by atoms with Gasteiger partial charge in [-0.25, -0.2) is 22.0 Å². The molecule has 0 spiro atoms. The van der Waals surface area contributed by atoms with Crippen LogP contribution in [0.1, 0.15) is 31.4 Å². The summed E-state index contributed by atoms with van der Waals surface area (Å²) in [5, 5.41) is 2.83. The molecule has 1 aliphatic rings. The Labute approximate surface area is 119 Å². The zero-order chi connectivity index (χ0) is 15.6. The van der Waals surface area contributed by atoms with Gasteiger partial charge < -0.3 is 10.1 Å². The first-order valence-corrected chi connectivity index (χ1v) is 6.81. The predicted molar refractivity (Wildman–Crippen MR) is 66.2 cm³/mol. The second-order valence-electron chi connectivity index (χ2n) is 4.97. The summed E-state index contributed by atoms with van der Waals surface area (Å²) in [5.74, 6) is -9.70. The minimum absolute atomic E-state index is 0.244. The highest BCUT2D eigenvalue weighted by molar-refractivity contribution is 5.27. The molecule has 7 heteroatoms. The molecular weight excluding hydrogens is 293 g/mol. The van der Waals surface area contributed by atoms with E-state index in [1.54, 1.807) is 6.92 Å². The average Bonchev–Trinajstić information content (AvgIpc) is 2.51. The van der Waals surface area contributed by atoms with Crippen LogP contribution < -0.4 is 5.32 Å². The topological polar surface area (TPSA) is 21.3 Å². The van der Waals surface area contributed by atoms with E-state index < -0.39 is 40.7 Å². The molecule has 0 aromatic heterocycles. The van der Waals surface area contributed by atoms with Crippen molar-refractivity contribution in [3.63, 3.8) is 0 Å². The third kappa shape index (κ3) is 3.03. The minimum Gasteiger partial charge on any atom is -0.381 e. The highest BCUT2D eigenvalue weighted by Gasteiger charge is 2.34. The van der Waals surface area contributed by atoms with Gasteiger partial charge in [-0.1, -0.05) is 6.92 Å². The first-order chi connectivity index (χ1) is 9.99. The van der Waals surface area contributed by atoms with Crippen molar-refractivity contribution in [2.24, 2.45) is 5.92 Å². The van der Waals surface area contributed by atoms with E-state index in [0.717, 1.165) is 0 Å². The molecule has 1 heterocycles. The maximum Gasteiger partial charge on any atom is 0.200 e. The zero-order valence-corrected chi connectivity index (χ0v) is 11.5. The SMILES string of the molecule is CCNC(c1c(F)c(F)c(F)c(F)c1F)C1CCOCC1. The Kier molecular flexibility index (Phi) is 5.16. The molecule has 1 atom stereocenters. The number of ether oxygens (including phenoxy) is 1. The van der Waals surface area contributed by atoms with Gasteiger partial charge in [0.05, 0.1) is 0 Å². The van der Waals surface area contributed by atoms with Crippen LogP contribution >= 0.6 is 0 Å². The lowest BCUT2D eigenvalue weighted by Crippen LogP contribution is -2.34. The maximum absolute atomic E-state index is 13.9. The van der Waals surface area contributed by atoms with Gasteiger partial charge in [0, 0.05) is 24.8 Å². The monoisotopic (exact) mass is 309 g/mol. The second kappa shape index (κ2) is 6.70. The summed E-state index contributed by atoms with van der Waals surface area (Å²) < 4.78 is 72.9. The van der Waals surface area contributed by atoms with Crippen LogP contribution in [-0.2, 0) is 4.74 Å². The molecule has 1 aliphatic heterocycles. The van der Waals surface area contributed by atoms with Crippen LogP contribution in [0.15, 0.2) is 0 Å². The summed E-state index contributed by atoms with van der Waals surface area (Å²) in [7, 11) is 0. The number of hydrogen-bond acceptors (Lipinski definition) is 2. The normalized spacial score (nSPS) is 18.0. The lowest BCUT2D eigenvalue weighted by Gasteiger charge is -2.31. The first-order valence-electron chi connectivity index (χ1n) is 6.81. The van der Waals surface area contributed by atoms with Crippen LogP contribution in [-0.4, -0.2) is 19.8 Å². The molecule has 0 aliphatic carbocycles. The van der Waals surface area contributed by atoms with Crippen molar-refractivity contribution in [3.8, 4) is 0 Å². The standard InChI is InChI=1S/C14H16F5NO/c1-2-20-14(7-3-5-21-6-4-7)8-9(15)11(17)13(19)12(18)10(8)16/h7,14,20H,2-6H2,1H3. The Morgan fingerprint density at radius 3 is 1.90 bits per heavy atom. The van der Waals surface area contributed by atoms with Crippen LogP contribution in [0, 0.1) is 35.0 Å². The number of benzene rings is 1. The fourth-order valence-electron chi connectivity index (χ4n) is 2.67. The van der Waals surface area contributed by atoms with Crippen molar-refractivity contribution < 1.29 is 26.7 Å². The molecule has 1 unspecified atom stereocenters. The molecule has 0 saturated carbocycles. The van der Waals surface area contributed by atoms with Crippen molar-refractivity contribution in [3.05, 3.63) is 34.6 Å². The fourth-order valence-corrected chi connectivity index (χ4v) is 2.67. The molecule has 0 amide bonds. The molecule has 1 N–H and O–H groups in total. The molecule has 2 nitrogen and oxygen atoms in total. The smallest absolute Gasteiger partial charge is 0.200 e. The van der Waals surface area contributed by atoms with E-state index in [-0.39, 0.29) is 5.92 Å². The van der Waals surface area contributed by atoms with Gasteiger partial charge in [0.2, 0.25) is 5.82 Å². The molecule has 1 saturated heterocycles. The maximum atomic E-state index is 13.9. The Bertz CT molecular complexity index is 488. The van der Waals surface area contributed by atoms with E-state index in [9.17, 15) is 22.0 Å². The van der Waals surface area contributed by atoms with Crippen molar-refractivity contribution in [1.29, 1.82) is 0 Å². The summed E-state index contributed by atoms with van der Waals surface area (Å²) in [6.07, 6.45) is 0.994. The Morgan fingerprint density at radius 1 is 0.952 bits per heavy atom. The molecule has 118 valence electrons. The fraction of sp³-hybridized carbons (Fsp3) is 0.571. The Morgan fingerprint density at radius 2 is 1.43 bits per heavy atom. The molecule has 21 heavy (non-hydrogen) atoms. The van der Waals surface area contributed by atoms with E-state index >= 15 is 0 Å². The summed E-state index contributed by atoms with van der Waals surface area (Å²) in [6.45, 7) is 2.86. The molecule has 1 aromatic carbocycles. The molecule has 2 rings (SSSR count). The van der Waals surface area contributed by atoms with Gasteiger partial charge in [0.15, 0.2) is 23.3 Å². The number of nitrogens with one attached hydrogen (secondary N) is 1. The summed E-state index contributed by atoms with van der Waals surface area (Å²) in [4.78, 5) is 0. The quantitative estimate of drug-likeness (QED) is 0.522. The minimum atomic E-state index is -2.13. The van der Waals surface area contributed by atoms with Gasteiger partial charge in [-0.2, -0.15) is 0 Å². The third-order valence-electron chi connectivity index (χ3n) is 3.72. The highest BCUT2D eigenvalue weighted by atomic mass is 19.2. The summed E-state index contributed by atoms with van der Waals surface area (Å²) in [6, 6.07) is -0.927. The lowest BCUT2D eigenvalue weighted by atomic mass is 9.86. The number of rotatable bonds is 4. The van der Waals surface area contributed by atoms with Crippen LogP contribution in [0.25, 0.3) is 0 Å². The van der Waals surface area contributed by atoms with Crippen molar-refractivity contribution in [2.45, 2.75) is 25.8 Å². The van der Waals surface area contributed by atoms with Crippen LogP contribution in [0.2, 0.25) is 0 Å². The van der Waals surface area contributed by atoms with E-state index in [1.807, 2.05) is 0 Å². The van der Waals surface area contributed by atoms with Gasteiger partial charge in [-0.3, -0.25) is 0 Å². The van der Waals surface area contributed by atoms with Gasteiger partial charge in [-0.05, 0) is 25.3 Å². The molecular formula is C14H16F5NO. The second-order valence-corrected chi connectivity index (χ2v) is 4.97. The van der Waals surface area contributed by atoms with E-state index in [4.69, 9.17) is 4.74 Å². The molecule has 1 aromatic rings. The van der Waals surface area contributed by atoms with Crippen molar-refractivity contribution >= 4 is 0 Å². The predicted octanol–water partition coefficient (Wildman–Crippen LogP) is 3.46. The summed E-state index contributed by atoms with van der Waals surface area (Å²) in [5.41, 5.74) is -0.778. The lowest BCUT2D eigenvalue weighted by molar-refractivity contribution is 0.0525. The van der Waals surface area contributed by atoms with E-state index in [0.29, 0.717) is 32.6 Å². The molecule has 1 fully saturated rings. The molecule has 0 radical (unpaired) electrons. The first kappa shape index (κ1) is 16.2. The van der Waals surface area contributed by atoms with Crippen molar-refractivity contribution in [2.75, 3.05) is 19.8 Å². The van der Waals surface area contributed by atoms with Gasteiger partial charge in [-0.15, -0.1) is 0 Å². The van der Waals surface area contributed by atoms with Crippen LogP contribution in [0.5, 0.6) is 0 Å². The zero-order valence-electron chi connectivity index (χ0n) is 11.5. The number of hydrogen-bond donors (Lipinski definition) is 1. The third-order valence-corrected chi connectivity index (χ3v) is 3.72. The van der Waals surface area contributed by atoms with Crippen LogP contribution in [0.3, 0.4) is 0 Å². The largest absolute Gasteiger partial charge is 0.381 e.